The molecule has 22 heavy (non-hydrogen) atoms. The molecule has 2 heterocycles. The summed E-state index contributed by atoms with van der Waals surface area (Å²) in [5.41, 5.74) is 10.5. The fraction of sp³-hybridized carbons (Fsp3) is 0.294. The van der Waals surface area contributed by atoms with Gasteiger partial charge in [-0.2, -0.15) is 5.26 Å². The highest BCUT2D eigenvalue weighted by molar-refractivity contribution is 7.16. The summed E-state index contributed by atoms with van der Waals surface area (Å²) in [6, 6.07) is 7.98. The topological polar surface area (TPSA) is 70.1 Å². The van der Waals surface area contributed by atoms with Crippen molar-refractivity contribution in [1.29, 1.82) is 5.26 Å². The minimum atomic E-state index is 0.0410. The second kappa shape index (κ2) is 5.47. The lowest BCUT2D eigenvalue weighted by molar-refractivity contribution is 0.0737. The average Bonchev–Trinajstić information content (AvgIpc) is 2.83. The van der Waals surface area contributed by atoms with E-state index in [1.165, 1.54) is 16.9 Å². The van der Waals surface area contributed by atoms with Crippen LogP contribution in [0.5, 0.6) is 0 Å². The molecule has 3 rings (SSSR count). The molecule has 1 aliphatic rings. The molecule has 1 aliphatic heterocycles. The summed E-state index contributed by atoms with van der Waals surface area (Å²) in [6.07, 6.45) is 0.697. The molecule has 112 valence electrons. The lowest BCUT2D eigenvalue weighted by Crippen LogP contribution is -2.35. The third-order valence-electron chi connectivity index (χ3n) is 4.24. The van der Waals surface area contributed by atoms with E-state index < -0.39 is 0 Å². The van der Waals surface area contributed by atoms with Crippen LogP contribution in [0.1, 0.15) is 37.5 Å². The van der Waals surface area contributed by atoms with Crippen molar-refractivity contribution in [1.82, 2.24) is 4.90 Å². The molecular formula is C17H17N3OS. The van der Waals surface area contributed by atoms with E-state index in [0.29, 0.717) is 30.1 Å². The first-order valence-corrected chi connectivity index (χ1v) is 7.99. The zero-order chi connectivity index (χ0) is 15.9. The van der Waals surface area contributed by atoms with Gasteiger partial charge in [0, 0.05) is 17.0 Å². The number of anilines is 1. The molecule has 1 aromatic heterocycles. The molecule has 1 amide bonds. The number of nitriles is 1. The summed E-state index contributed by atoms with van der Waals surface area (Å²) in [6.45, 7) is 5.22. The van der Waals surface area contributed by atoms with Crippen LogP contribution in [0.2, 0.25) is 0 Å². The average molecular weight is 311 g/mol. The molecule has 0 aliphatic carbocycles. The lowest BCUT2D eigenvalue weighted by Gasteiger charge is -2.27. The Morgan fingerprint density at radius 2 is 2.14 bits per heavy atom. The molecule has 0 unspecified atom stereocenters. The zero-order valence-electron chi connectivity index (χ0n) is 12.6. The van der Waals surface area contributed by atoms with Gasteiger partial charge in [-0.1, -0.05) is 6.07 Å². The highest BCUT2D eigenvalue weighted by Crippen LogP contribution is 2.34. The molecule has 0 saturated heterocycles. The highest BCUT2D eigenvalue weighted by atomic mass is 32.1. The Labute approximate surface area is 133 Å². The van der Waals surface area contributed by atoms with Gasteiger partial charge in [0.25, 0.3) is 5.91 Å². The molecule has 0 saturated carbocycles. The summed E-state index contributed by atoms with van der Waals surface area (Å²) in [5.74, 6) is 0.0410. The number of thiophene rings is 1. The van der Waals surface area contributed by atoms with Gasteiger partial charge in [0.1, 0.15) is 11.1 Å². The molecule has 2 aromatic rings. The third-order valence-corrected chi connectivity index (χ3v) is 5.28. The summed E-state index contributed by atoms with van der Waals surface area (Å²) in [5, 5.41) is 9.73. The van der Waals surface area contributed by atoms with E-state index in [-0.39, 0.29) is 5.91 Å². The number of benzene rings is 1. The van der Waals surface area contributed by atoms with Gasteiger partial charge < -0.3 is 10.6 Å². The van der Waals surface area contributed by atoms with Crippen LogP contribution in [0.15, 0.2) is 18.2 Å². The standard InChI is InChI=1S/C17H17N3OS/c1-10-3-4-12(7-11(10)2)17(21)20-6-5-13-14(8-18)16(19)22-15(13)9-20/h3-4,7H,5-6,9,19H2,1-2H3. The van der Waals surface area contributed by atoms with E-state index in [2.05, 4.69) is 6.07 Å². The first kappa shape index (κ1) is 14.6. The summed E-state index contributed by atoms with van der Waals surface area (Å²) in [7, 11) is 0. The van der Waals surface area contributed by atoms with Crippen molar-refractivity contribution < 1.29 is 4.79 Å². The van der Waals surface area contributed by atoms with Crippen LogP contribution < -0.4 is 5.73 Å². The van der Waals surface area contributed by atoms with Crippen LogP contribution in [-0.4, -0.2) is 17.4 Å². The van der Waals surface area contributed by atoms with E-state index in [1.54, 1.807) is 0 Å². The van der Waals surface area contributed by atoms with E-state index in [1.807, 2.05) is 36.9 Å². The monoisotopic (exact) mass is 311 g/mol. The molecule has 4 nitrogen and oxygen atoms in total. The molecule has 1 aromatic carbocycles. The Bertz CT molecular complexity index is 801. The summed E-state index contributed by atoms with van der Waals surface area (Å²) >= 11 is 1.42. The van der Waals surface area contributed by atoms with Crippen molar-refractivity contribution in [2.24, 2.45) is 0 Å². The number of amides is 1. The lowest BCUT2D eigenvalue weighted by atomic mass is 10.0. The first-order chi connectivity index (χ1) is 10.5. The van der Waals surface area contributed by atoms with Crippen LogP contribution in [0.4, 0.5) is 5.00 Å². The van der Waals surface area contributed by atoms with Crippen molar-refractivity contribution >= 4 is 22.2 Å². The number of nitrogens with two attached hydrogens (primary N) is 1. The second-order valence-corrected chi connectivity index (χ2v) is 6.77. The van der Waals surface area contributed by atoms with Crippen LogP contribution in [-0.2, 0) is 13.0 Å². The molecule has 0 fully saturated rings. The van der Waals surface area contributed by atoms with Crippen molar-refractivity contribution in [3.05, 3.63) is 50.9 Å². The quantitative estimate of drug-likeness (QED) is 0.880. The Hall–Kier alpha value is -2.32. The van der Waals surface area contributed by atoms with Crippen molar-refractivity contribution in [3.63, 3.8) is 0 Å². The largest absolute Gasteiger partial charge is 0.389 e. The van der Waals surface area contributed by atoms with Gasteiger partial charge in [-0.15, -0.1) is 11.3 Å². The number of nitrogen functional groups attached to an aromatic ring is 1. The smallest absolute Gasteiger partial charge is 0.254 e. The van der Waals surface area contributed by atoms with E-state index in [4.69, 9.17) is 11.0 Å². The molecule has 2 N–H and O–H groups in total. The Morgan fingerprint density at radius 1 is 1.36 bits per heavy atom. The number of fused-ring (bicyclic) bond motifs is 1. The number of hydrogen-bond donors (Lipinski definition) is 1. The van der Waals surface area contributed by atoms with Crippen LogP contribution in [0, 0.1) is 25.2 Å². The number of carbonyl (C=O) groups excluding carboxylic acids is 1. The third kappa shape index (κ3) is 2.36. The number of hydrogen-bond acceptors (Lipinski definition) is 4. The molecule has 5 heteroatoms. The van der Waals surface area contributed by atoms with Crippen molar-refractivity contribution in [2.45, 2.75) is 26.8 Å². The van der Waals surface area contributed by atoms with Gasteiger partial charge in [0.15, 0.2) is 0 Å². The predicted molar refractivity (Wildman–Crippen MR) is 87.8 cm³/mol. The molecule has 0 radical (unpaired) electrons. The summed E-state index contributed by atoms with van der Waals surface area (Å²) in [4.78, 5) is 15.5. The maximum Gasteiger partial charge on any atom is 0.254 e. The van der Waals surface area contributed by atoms with Crippen LogP contribution in [0.3, 0.4) is 0 Å². The maximum atomic E-state index is 12.7. The van der Waals surface area contributed by atoms with E-state index in [9.17, 15) is 4.79 Å². The normalized spacial score (nSPS) is 13.6. The van der Waals surface area contributed by atoms with Crippen molar-refractivity contribution in [3.8, 4) is 6.07 Å². The van der Waals surface area contributed by atoms with Gasteiger partial charge in [0.05, 0.1) is 12.1 Å². The minimum Gasteiger partial charge on any atom is -0.389 e. The molecule has 0 atom stereocenters. The van der Waals surface area contributed by atoms with Crippen LogP contribution >= 0.6 is 11.3 Å². The zero-order valence-corrected chi connectivity index (χ0v) is 13.5. The molecular weight excluding hydrogens is 294 g/mol. The first-order valence-electron chi connectivity index (χ1n) is 7.18. The summed E-state index contributed by atoms with van der Waals surface area (Å²) < 4.78 is 0. The van der Waals surface area contributed by atoms with Gasteiger partial charge in [-0.05, 0) is 49.1 Å². The fourth-order valence-electron chi connectivity index (χ4n) is 2.78. The van der Waals surface area contributed by atoms with Crippen LogP contribution in [0.25, 0.3) is 0 Å². The van der Waals surface area contributed by atoms with Gasteiger partial charge in [-0.3, -0.25) is 4.79 Å². The van der Waals surface area contributed by atoms with Gasteiger partial charge in [-0.25, -0.2) is 0 Å². The SMILES string of the molecule is Cc1ccc(C(=O)N2CCc3c(sc(N)c3C#N)C2)cc1C. The molecule has 0 bridgehead atoms. The van der Waals surface area contributed by atoms with Gasteiger partial charge in [0.2, 0.25) is 0 Å². The van der Waals surface area contributed by atoms with E-state index >= 15 is 0 Å². The highest BCUT2D eigenvalue weighted by Gasteiger charge is 2.26. The number of carbonyl (C=O) groups is 1. The fourth-order valence-corrected chi connectivity index (χ4v) is 3.86. The second-order valence-electron chi connectivity index (χ2n) is 5.63. The number of aryl methyl sites for hydroxylation is 2. The van der Waals surface area contributed by atoms with Crippen molar-refractivity contribution in [2.75, 3.05) is 12.3 Å². The number of nitrogens with zero attached hydrogens (tertiary/aromatic N) is 2. The van der Waals surface area contributed by atoms with E-state index in [0.717, 1.165) is 21.6 Å². The predicted octanol–water partition coefficient (Wildman–Crippen LogP) is 3.02. The Morgan fingerprint density at radius 3 is 2.82 bits per heavy atom. The minimum absolute atomic E-state index is 0.0410. The molecule has 0 spiro atoms. The Balaban J connectivity index is 1.87. The van der Waals surface area contributed by atoms with Gasteiger partial charge >= 0.3 is 0 Å². The maximum absolute atomic E-state index is 12.7. The number of rotatable bonds is 1. The Kier molecular flexibility index (Phi) is 3.63.